The van der Waals surface area contributed by atoms with Crippen molar-refractivity contribution < 1.29 is 0 Å². The molecular formula is C9H7ClN2. The summed E-state index contributed by atoms with van der Waals surface area (Å²) in [6.45, 7) is 0. The number of nitrogen functional groups attached to an aromatic ring is 1. The minimum Gasteiger partial charge on any atom is -0.399 e. The Bertz CT molecular complexity index is 426. The second-order valence-corrected chi connectivity index (χ2v) is 2.94. The lowest BCUT2D eigenvalue weighted by Crippen LogP contribution is -1.85. The zero-order valence-electron chi connectivity index (χ0n) is 6.29. The van der Waals surface area contributed by atoms with Crippen molar-refractivity contribution >= 4 is 28.1 Å². The number of nitrogens with zero attached hydrogens (tertiary/aromatic N) is 1. The van der Waals surface area contributed by atoms with Crippen LogP contribution in [0.15, 0.2) is 30.5 Å². The van der Waals surface area contributed by atoms with Crippen molar-refractivity contribution in [1.29, 1.82) is 0 Å². The van der Waals surface area contributed by atoms with Gasteiger partial charge in [0, 0.05) is 17.3 Å². The lowest BCUT2D eigenvalue weighted by atomic mass is 10.1. The fourth-order valence-corrected chi connectivity index (χ4v) is 1.37. The number of hydrogen-bond acceptors (Lipinski definition) is 2. The Kier molecular flexibility index (Phi) is 1.62. The Hall–Kier alpha value is -1.28. The van der Waals surface area contributed by atoms with Gasteiger partial charge in [-0.3, -0.25) is 0 Å². The minimum atomic E-state index is 0.500. The lowest BCUT2D eigenvalue weighted by molar-refractivity contribution is 1.36. The third-order valence-corrected chi connectivity index (χ3v) is 2.04. The first kappa shape index (κ1) is 7.37. The smallest absolute Gasteiger partial charge is 0.136 e. The summed E-state index contributed by atoms with van der Waals surface area (Å²) in [5.74, 6) is 0. The number of fused-ring (bicyclic) bond motifs is 1. The van der Waals surface area contributed by atoms with Crippen LogP contribution in [0.1, 0.15) is 0 Å². The molecule has 0 aliphatic carbocycles. The average Bonchev–Trinajstić information content (AvgIpc) is 2.07. The van der Waals surface area contributed by atoms with E-state index < -0.39 is 0 Å². The van der Waals surface area contributed by atoms with Gasteiger partial charge >= 0.3 is 0 Å². The maximum atomic E-state index is 5.86. The number of hydrogen-bond donors (Lipinski definition) is 1. The molecule has 2 aromatic rings. The molecule has 0 saturated heterocycles. The van der Waals surface area contributed by atoms with Gasteiger partial charge in [0.25, 0.3) is 0 Å². The molecule has 2 rings (SSSR count). The zero-order valence-corrected chi connectivity index (χ0v) is 7.05. The van der Waals surface area contributed by atoms with Crippen LogP contribution in [0, 0.1) is 0 Å². The van der Waals surface area contributed by atoms with Crippen LogP contribution < -0.4 is 5.73 Å². The number of halogens is 1. The van der Waals surface area contributed by atoms with Crippen LogP contribution in [0.2, 0.25) is 5.15 Å². The fraction of sp³-hybridized carbons (Fsp3) is 0. The van der Waals surface area contributed by atoms with Gasteiger partial charge < -0.3 is 5.73 Å². The van der Waals surface area contributed by atoms with Crippen molar-refractivity contribution in [2.75, 3.05) is 5.73 Å². The van der Waals surface area contributed by atoms with Gasteiger partial charge in [0.05, 0.1) is 0 Å². The number of rotatable bonds is 0. The Labute approximate surface area is 75.0 Å². The van der Waals surface area contributed by atoms with E-state index in [9.17, 15) is 0 Å². The quantitative estimate of drug-likeness (QED) is 0.497. The summed E-state index contributed by atoms with van der Waals surface area (Å²) < 4.78 is 0. The second-order valence-electron chi connectivity index (χ2n) is 2.58. The molecule has 2 N–H and O–H groups in total. The monoisotopic (exact) mass is 178 g/mol. The molecule has 0 aliphatic rings. The van der Waals surface area contributed by atoms with E-state index >= 15 is 0 Å². The summed E-state index contributed by atoms with van der Waals surface area (Å²) in [4.78, 5) is 3.96. The molecule has 0 saturated carbocycles. The molecule has 0 amide bonds. The molecule has 60 valence electrons. The average molecular weight is 179 g/mol. The van der Waals surface area contributed by atoms with Gasteiger partial charge in [-0.05, 0) is 23.6 Å². The van der Waals surface area contributed by atoms with Crippen molar-refractivity contribution in [3.8, 4) is 0 Å². The van der Waals surface area contributed by atoms with Crippen molar-refractivity contribution in [2.24, 2.45) is 0 Å². The predicted octanol–water partition coefficient (Wildman–Crippen LogP) is 2.47. The minimum absolute atomic E-state index is 0.500. The third kappa shape index (κ3) is 1.10. The predicted molar refractivity (Wildman–Crippen MR) is 51.2 cm³/mol. The van der Waals surface area contributed by atoms with E-state index in [0.29, 0.717) is 10.8 Å². The highest BCUT2D eigenvalue weighted by molar-refractivity contribution is 6.34. The molecule has 0 radical (unpaired) electrons. The largest absolute Gasteiger partial charge is 0.399 e. The SMILES string of the molecule is Nc1ccc2ccnc(Cl)c2c1. The Morgan fingerprint density at radius 3 is 2.92 bits per heavy atom. The molecule has 0 fully saturated rings. The molecule has 3 heteroatoms. The van der Waals surface area contributed by atoms with Crippen LogP contribution >= 0.6 is 11.6 Å². The Balaban J connectivity index is 2.88. The van der Waals surface area contributed by atoms with Gasteiger partial charge in [-0.25, -0.2) is 4.98 Å². The van der Waals surface area contributed by atoms with E-state index in [0.717, 1.165) is 10.8 Å². The number of aromatic nitrogens is 1. The highest BCUT2D eigenvalue weighted by atomic mass is 35.5. The molecule has 0 bridgehead atoms. The van der Waals surface area contributed by atoms with Crippen LogP contribution in [0.5, 0.6) is 0 Å². The molecule has 0 aliphatic heterocycles. The summed E-state index contributed by atoms with van der Waals surface area (Å²) in [7, 11) is 0. The van der Waals surface area contributed by atoms with Gasteiger partial charge in [0.1, 0.15) is 5.15 Å². The number of nitrogens with two attached hydrogens (primary N) is 1. The molecule has 12 heavy (non-hydrogen) atoms. The normalized spacial score (nSPS) is 10.4. The first-order chi connectivity index (χ1) is 5.77. The van der Waals surface area contributed by atoms with Crippen LogP contribution in [-0.4, -0.2) is 4.98 Å². The molecule has 1 aromatic carbocycles. The number of anilines is 1. The first-order valence-corrected chi connectivity index (χ1v) is 3.95. The van der Waals surface area contributed by atoms with Crippen LogP contribution in [-0.2, 0) is 0 Å². The van der Waals surface area contributed by atoms with Crippen molar-refractivity contribution in [1.82, 2.24) is 4.98 Å². The van der Waals surface area contributed by atoms with Gasteiger partial charge in [-0.1, -0.05) is 17.7 Å². The van der Waals surface area contributed by atoms with Crippen LogP contribution in [0.25, 0.3) is 10.8 Å². The second kappa shape index (κ2) is 2.64. The topological polar surface area (TPSA) is 38.9 Å². The van der Waals surface area contributed by atoms with E-state index in [4.69, 9.17) is 17.3 Å². The summed E-state index contributed by atoms with van der Waals surface area (Å²) in [6, 6.07) is 7.50. The molecule has 0 unspecified atom stereocenters. The van der Waals surface area contributed by atoms with E-state index in [-0.39, 0.29) is 0 Å². The maximum Gasteiger partial charge on any atom is 0.136 e. The van der Waals surface area contributed by atoms with E-state index in [1.165, 1.54) is 0 Å². The first-order valence-electron chi connectivity index (χ1n) is 3.57. The van der Waals surface area contributed by atoms with E-state index in [1.54, 1.807) is 6.20 Å². The summed E-state index contributed by atoms with van der Waals surface area (Å²) in [6.07, 6.45) is 1.68. The Morgan fingerprint density at radius 2 is 2.08 bits per heavy atom. The van der Waals surface area contributed by atoms with Gasteiger partial charge in [0.2, 0.25) is 0 Å². The van der Waals surface area contributed by atoms with Crippen molar-refractivity contribution in [2.45, 2.75) is 0 Å². The summed E-state index contributed by atoms with van der Waals surface area (Å²) in [5.41, 5.74) is 6.31. The zero-order chi connectivity index (χ0) is 8.55. The number of pyridine rings is 1. The Morgan fingerprint density at radius 1 is 1.25 bits per heavy atom. The lowest BCUT2D eigenvalue weighted by Gasteiger charge is -1.99. The van der Waals surface area contributed by atoms with Crippen molar-refractivity contribution in [3.63, 3.8) is 0 Å². The third-order valence-electron chi connectivity index (χ3n) is 1.74. The van der Waals surface area contributed by atoms with Gasteiger partial charge in [-0.15, -0.1) is 0 Å². The van der Waals surface area contributed by atoms with E-state index in [2.05, 4.69) is 4.98 Å². The maximum absolute atomic E-state index is 5.86. The molecule has 0 spiro atoms. The number of benzene rings is 1. The molecule has 0 atom stereocenters. The fourth-order valence-electron chi connectivity index (χ4n) is 1.15. The molecule has 2 nitrogen and oxygen atoms in total. The molecular weight excluding hydrogens is 172 g/mol. The van der Waals surface area contributed by atoms with Gasteiger partial charge in [-0.2, -0.15) is 0 Å². The molecule has 1 heterocycles. The van der Waals surface area contributed by atoms with E-state index in [1.807, 2.05) is 24.3 Å². The van der Waals surface area contributed by atoms with Crippen LogP contribution in [0.4, 0.5) is 5.69 Å². The summed E-state index contributed by atoms with van der Waals surface area (Å²) >= 11 is 5.86. The standard InChI is InChI=1S/C9H7ClN2/c10-9-8-5-7(11)2-1-6(8)3-4-12-9/h1-5H,11H2. The molecule has 1 aromatic heterocycles. The highest BCUT2D eigenvalue weighted by Gasteiger charge is 1.98. The summed E-state index contributed by atoms with van der Waals surface area (Å²) in [5, 5.41) is 2.46. The van der Waals surface area contributed by atoms with Gasteiger partial charge in [0.15, 0.2) is 0 Å². The highest BCUT2D eigenvalue weighted by Crippen LogP contribution is 2.22. The van der Waals surface area contributed by atoms with Crippen molar-refractivity contribution in [3.05, 3.63) is 35.6 Å². The van der Waals surface area contributed by atoms with Crippen LogP contribution in [0.3, 0.4) is 0 Å².